The molecular formula is C21H24N6OS2. The summed E-state index contributed by atoms with van der Waals surface area (Å²) in [5.41, 5.74) is 2.99. The van der Waals surface area contributed by atoms with E-state index in [4.69, 9.17) is 0 Å². The summed E-state index contributed by atoms with van der Waals surface area (Å²) >= 11 is 2.97. The van der Waals surface area contributed by atoms with Crippen LogP contribution in [0, 0.1) is 0 Å². The lowest BCUT2D eigenvalue weighted by Crippen LogP contribution is -2.15. The lowest BCUT2D eigenvalue weighted by atomic mass is 9.87. The smallest absolute Gasteiger partial charge is 0.275 e. The summed E-state index contributed by atoms with van der Waals surface area (Å²) in [5.74, 6) is 1.36. The van der Waals surface area contributed by atoms with Crippen molar-refractivity contribution in [2.45, 2.75) is 50.4 Å². The molecule has 4 aromatic rings. The molecule has 0 saturated carbocycles. The number of hydrogen-bond donors (Lipinski definition) is 0. The van der Waals surface area contributed by atoms with Crippen LogP contribution in [0.15, 0.2) is 40.3 Å². The number of fused-ring (bicyclic) bond motifs is 1. The van der Waals surface area contributed by atoms with E-state index in [0.717, 1.165) is 33.7 Å². The SMILES string of the molecule is CCc1nn2c(=O)cc(CSc3nnc(-c4ccc(C(C)(C)C)cc4)n3C)nc2s1. The zero-order valence-corrected chi connectivity index (χ0v) is 19.3. The molecule has 0 fully saturated rings. The molecule has 3 aromatic heterocycles. The van der Waals surface area contributed by atoms with Crippen LogP contribution >= 0.6 is 23.1 Å². The summed E-state index contributed by atoms with van der Waals surface area (Å²) in [7, 11) is 1.96. The topological polar surface area (TPSA) is 78.0 Å². The minimum absolute atomic E-state index is 0.113. The predicted molar refractivity (Wildman–Crippen MR) is 121 cm³/mol. The second kappa shape index (κ2) is 7.96. The van der Waals surface area contributed by atoms with E-state index in [2.05, 4.69) is 65.3 Å². The third-order valence-corrected chi connectivity index (χ3v) is 6.94. The summed E-state index contributed by atoms with van der Waals surface area (Å²) < 4.78 is 3.35. The maximum absolute atomic E-state index is 12.3. The Balaban J connectivity index is 1.53. The molecule has 0 radical (unpaired) electrons. The molecule has 0 aliphatic heterocycles. The normalized spacial score (nSPS) is 12.0. The van der Waals surface area contributed by atoms with Crippen LogP contribution in [0.2, 0.25) is 0 Å². The van der Waals surface area contributed by atoms with Crippen molar-refractivity contribution < 1.29 is 0 Å². The highest BCUT2D eigenvalue weighted by molar-refractivity contribution is 7.98. The van der Waals surface area contributed by atoms with Gasteiger partial charge in [0.15, 0.2) is 11.0 Å². The van der Waals surface area contributed by atoms with Crippen LogP contribution in [-0.2, 0) is 24.6 Å². The highest BCUT2D eigenvalue weighted by atomic mass is 32.2. The number of thioether (sulfide) groups is 1. The van der Waals surface area contributed by atoms with Gasteiger partial charge in [0, 0.05) is 24.4 Å². The molecule has 0 atom stereocenters. The van der Waals surface area contributed by atoms with Crippen molar-refractivity contribution in [1.82, 2.24) is 29.4 Å². The molecule has 1 aromatic carbocycles. The summed E-state index contributed by atoms with van der Waals surface area (Å²) in [6.07, 6.45) is 0.788. The minimum Gasteiger partial charge on any atom is -0.305 e. The average molecular weight is 441 g/mol. The summed E-state index contributed by atoms with van der Waals surface area (Å²) in [4.78, 5) is 17.5. The van der Waals surface area contributed by atoms with Gasteiger partial charge >= 0.3 is 0 Å². The largest absolute Gasteiger partial charge is 0.305 e. The van der Waals surface area contributed by atoms with Crippen molar-refractivity contribution in [3.05, 3.63) is 57.0 Å². The Kier molecular flexibility index (Phi) is 5.50. The number of aryl methyl sites for hydroxylation is 1. The monoisotopic (exact) mass is 440 g/mol. The number of aromatic nitrogens is 6. The van der Waals surface area contributed by atoms with Crippen molar-refractivity contribution in [3.63, 3.8) is 0 Å². The average Bonchev–Trinajstić information content (AvgIpc) is 3.29. The highest BCUT2D eigenvalue weighted by Gasteiger charge is 2.16. The Morgan fingerprint density at radius 3 is 2.53 bits per heavy atom. The van der Waals surface area contributed by atoms with Gasteiger partial charge in [0.2, 0.25) is 4.96 Å². The van der Waals surface area contributed by atoms with E-state index >= 15 is 0 Å². The molecule has 0 spiro atoms. The van der Waals surface area contributed by atoms with Gasteiger partial charge in [-0.15, -0.1) is 10.2 Å². The van der Waals surface area contributed by atoms with Gasteiger partial charge in [0.05, 0.1) is 5.69 Å². The van der Waals surface area contributed by atoms with Gasteiger partial charge in [-0.25, -0.2) is 4.98 Å². The highest BCUT2D eigenvalue weighted by Crippen LogP contribution is 2.28. The molecule has 0 aliphatic carbocycles. The van der Waals surface area contributed by atoms with Crippen molar-refractivity contribution in [2.24, 2.45) is 7.05 Å². The molecular weight excluding hydrogens is 416 g/mol. The van der Waals surface area contributed by atoms with Gasteiger partial charge < -0.3 is 4.57 Å². The van der Waals surface area contributed by atoms with Crippen molar-refractivity contribution in [2.75, 3.05) is 0 Å². The van der Waals surface area contributed by atoms with Gasteiger partial charge in [0.25, 0.3) is 5.56 Å². The van der Waals surface area contributed by atoms with Crippen LogP contribution in [0.3, 0.4) is 0 Å². The fraction of sp³-hybridized carbons (Fsp3) is 0.381. The van der Waals surface area contributed by atoms with E-state index in [0.29, 0.717) is 10.7 Å². The van der Waals surface area contributed by atoms with Crippen LogP contribution in [0.1, 0.15) is 44.0 Å². The molecule has 0 amide bonds. The molecule has 4 rings (SSSR count). The van der Waals surface area contributed by atoms with Gasteiger partial charge in [0.1, 0.15) is 5.01 Å². The van der Waals surface area contributed by atoms with Crippen molar-refractivity contribution >= 4 is 28.1 Å². The minimum atomic E-state index is -0.149. The van der Waals surface area contributed by atoms with E-state index in [1.165, 1.54) is 33.2 Å². The van der Waals surface area contributed by atoms with Gasteiger partial charge in [-0.3, -0.25) is 4.79 Å². The second-order valence-corrected chi connectivity index (χ2v) is 10.1. The van der Waals surface area contributed by atoms with E-state index in [1.807, 2.05) is 18.5 Å². The molecule has 30 heavy (non-hydrogen) atoms. The Morgan fingerprint density at radius 2 is 1.87 bits per heavy atom. The third kappa shape index (κ3) is 4.04. The van der Waals surface area contributed by atoms with E-state index < -0.39 is 0 Å². The number of rotatable bonds is 5. The molecule has 7 nitrogen and oxygen atoms in total. The van der Waals surface area contributed by atoms with Crippen LogP contribution < -0.4 is 5.56 Å². The summed E-state index contributed by atoms with van der Waals surface area (Å²) in [6, 6.07) is 10.0. The molecule has 0 bridgehead atoms. The second-order valence-electron chi connectivity index (χ2n) is 8.11. The first-order valence-corrected chi connectivity index (χ1v) is 11.6. The standard InChI is InChI=1S/C21H24N6OS2/c1-6-16-25-27-17(28)11-15(22-19(27)30-16)12-29-20-24-23-18(26(20)5)13-7-9-14(10-8-13)21(2,3)4/h7-11H,6,12H2,1-5H3. The molecule has 9 heteroatoms. The Labute approximate surface area is 183 Å². The lowest BCUT2D eigenvalue weighted by molar-refractivity contribution is 0.590. The molecule has 0 N–H and O–H groups in total. The van der Waals surface area contributed by atoms with E-state index in [-0.39, 0.29) is 11.0 Å². The first-order chi connectivity index (χ1) is 14.3. The zero-order chi connectivity index (χ0) is 21.5. The van der Waals surface area contributed by atoms with Crippen molar-refractivity contribution in [1.29, 1.82) is 0 Å². The summed E-state index contributed by atoms with van der Waals surface area (Å²) in [6.45, 7) is 8.62. The molecule has 0 saturated heterocycles. The first kappa shape index (κ1) is 20.7. The van der Waals surface area contributed by atoms with Crippen LogP contribution in [0.4, 0.5) is 0 Å². The number of benzene rings is 1. The van der Waals surface area contributed by atoms with Gasteiger partial charge in [-0.1, -0.05) is 75.1 Å². The Hall–Kier alpha value is -2.52. The third-order valence-electron chi connectivity index (χ3n) is 4.84. The van der Waals surface area contributed by atoms with Gasteiger partial charge in [-0.05, 0) is 17.4 Å². The summed E-state index contributed by atoms with van der Waals surface area (Å²) in [5, 5.41) is 14.7. The molecule has 0 unspecified atom stereocenters. The molecule has 156 valence electrons. The van der Waals surface area contributed by atoms with E-state index in [1.54, 1.807) is 6.07 Å². The van der Waals surface area contributed by atoms with E-state index in [9.17, 15) is 4.79 Å². The van der Waals surface area contributed by atoms with Gasteiger partial charge in [-0.2, -0.15) is 9.61 Å². The first-order valence-electron chi connectivity index (χ1n) is 9.78. The van der Waals surface area contributed by atoms with Crippen LogP contribution in [0.5, 0.6) is 0 Å². The number of nitrogens with zero attached hydrogens (tertiary/aromatic N) is 6. The van der Waals surface area contributed by atoms with Crippen LogP contribution in [0.25, 0.3) is 16.3 Å². The number of hydrogen-bond acceptors (Lipinski definition) is 7. The Morgan fingerprint density at radius 1 is 1.13 bits per heavy atom. The quantitative estimate of drug-likeness (QED) is 0.435. The Bertz CT molecular complexity index is 1250. The fourth-order valence-electron chi connectivity index (χ4n) is 3.06. The zero-order valence-electron chi connectivity index (χ0n) is 17.7. The lowest BCUT2D eigenvalue weighted by Gasteiger charge is -2.19. The maximum atomic E-state index is 12.3. The maximum Gasteiger partial charge on any atom is 0.275 e. The van der Waals surface area contributed by atoms with Crippen molar-refractivity contribution in [3.8, 4) is 11.4 Å². The fourth-order valence-corrected chi connectivity index (χ4v) is 4.72. The van der Waals surface area contributed by atoms with Crippen LogP contribution in [-0.4, -0.2) is 29.4 Å². The molecule has 3 heterocycles. The predicted octanol–water partition coefficient (Wildman–Crippen LogP) is 4.10. The molecule has 0 aliphatic rings.